The number of carbonyl (C=O) groups excluding carboxylic acids is 4. The van der Waals surface area contributed by atoms with E-state index in [-0.39, 0.29) is 42.9 Å². The van der Waals surface area contributed by atoms with Crippen LogP contribution in [0.4, 0.5) is 4.79 Å². The molecule has 0 aromatic carbocycles. The van der Waals surface area contributed by atoms with E-state index in [1.807, 2.05) is 39.0 Å². The number of carbonyl (C=O) groups is 4. The topological polar surface area (TPSA) is 136 Å². The molecule has 0 bridgehead atoms. The lowest BCUT2D eigenvalue weighted by atomic mass is 9.86. The predicted octanol–water partition coefficient (Wildman–Crippen LogP) is 5.77. The molecule has 50 heavy (non-hydrogen) atoms. The molecule has 3 fully saturated rings. The van der Waals surface area contributed by atoms with E-state index in [1.165, 1.54) is 38.5 Å². The maximum atomic E-state index is 13.4. The number of nitrogens with zero attached hydrogens (tertiary/aromatic N) is 2. The average Bonchev–Trinajstić information content (AvgIpc) is 3.51. The van der Waals surface area contributed by atoms with Crippen LogP contribution in [0.2, 0.25) is 0 Å². The monoisotopic (exact) mass is 699 g/mol. The Kier molecular flexibility index (Phi) is 17.9. The fourth-order valence-electron chi connectivity index (χ4n) is 7.49. The highest BCUT2D eigenvalue weighted by molar-refractivity contribution is 5.78. The lowest BCUT2D eigenvalue weighted by molar-refractivity contribution is -0.124. The first kappa shape index (κ1) is 41.6. The highest BCUT2D eigenvalue weighted by atomic mass is 16.6. The molecule has 282 valence electrons. The molecule has 1 heterocycles. The van der Waals surface area contributed by atoms with Crippen LogP contribution in [0.15, 0.2) is 36.0 Å². The van der Waals surface area contributed by atoms with Crippen molar-refractivity contribution in [1.29, 1.82) is 0 Å². The second-order valence-corrected chi connectivity index (χ2v) is 15.3. The number of aliphatic hydroxyl groups is 2. The Balaban J connectivity index is 1.62. The Morgan fingerprint density at radius 2 is 1.58 bits per heavy atom. The van der Waals surface area contributed by atoms with Gasteiger partial charge in [0.15, 0.2) is 6.10 Å². The average molecular weight is 700 g/mol. The minimum atomic E-state index is -1.52. The zero-order valence-corrected chi connectivity index (χ0v) is 31.1. The lowest BCUT2D eigenvalue weighted by Crippen LogP contribution is -2.53. The van der Waals surface area contributed by atoms with Crippen LogP contribution >= 0.6 is 0 Å². The Bertz CT molecular complexity index is 1150. The number of allylic oxidation sites excluding steroid dienone is 4. The Morgan fingerprint density at radius 1 is 0.940 bits per heavy atom. The van der Waals surface area contributed by atoms with Crippen LogP contribution in [0.1, 0.15) is 111 Å². The van der Waals surface area contributed by atoms with Crippen molar-refractivity contribution < 1.29 is 34.1 Å². The number of rotatable bonds is 18. The van der Waals surface area contributed by atoms with E-state index in [9.17, 15) is 29.4 Å². The van der Waals surface area contributed by atoms with Crippen molar-refractivity contribution in [2.45, 2.75) is 135 Å². The van der Waals surface area contributed by atoms with Crippen LogP contribution in [-0.2, 0) is 19.1 Å². The molecule has 0 spiro atoms. The SMILES string of the molecule is C/C(=C\C=C\[C@@H](C)CNC(=O)C1CCCC1)[C@@H](C=O)[C@@H](C)/C=C/[C@H](OC(=O)N1CCN(C2CCCCCC2)CC1)[C@@](C)(O)CC[C@H](O)CC=O. The van der Waals surface area contributed by atoms with Gasteiger partial charge in [0.2, 0.25) is 5.91 Å². The van der Waals surface area contributed by atoms with Crippen molar-refractivity contribution in [1.82, 2.24) is 15.1 Å². The molecular weight excluding hydrogens is 634 g/mol. The van der Waals surface area contributed by atoms with Gasteiger partial charge in [0.05, 0.1) is 6.10 Å². The summed E-state index contributed by atoms with van der Waals surface area (Å²) in [5.74, 6) is -0.284. The number of nitrogens with one attached hydrogen (secondary N) is 1. The van der Waals surface area contributed by atoms with Gasteiger partial charge in [0, 0.05) is 57.0 Å². The van der Waals surface area contributed by atoms with Crippen LogP contribution in [0.5, 0.6) is 0 Å². The van der Waals surface area contributed by atoms with E-state index < -0.39 is 29.8 Å². The number of amides is 2. The summed E-state index contributed by atoms with van der Waals surface area (Å²) in [6.45, 7) is 10.7. The van der Waals surface area contributed by atoms with E-state index in [2.05, 4.69) is 10.2 Å². The Morgan fingerprint density at radius 3 is 2.20 bits per heavy atom. The van der Waals surface area contributed by atoms with Gasteiger partial charge in [-0.15, -0.1) is 0 Å². The smallest absolute Gasteiger partial charge is 0.410 e. The normalized spacial score (nSPS) is 23.2. The number of aliphatic hydroxyl groups excluding tert-OH is 1. The third-order valence-corrected chi connectivity index (χ3v) is 11.1. The number of ether oxygens (including phenoxy) is 1. The summed E-state index contributed by atoms with van der Waals surface area (Å²) in [5.41, 5.74) is -0.662. The van der Waals surface area contributed by atoms with Crippen molar-refractivity contribution in [3.05, 3.63) is 36.0 Å². The summed E-state index contributed by atoms with van der Waals surface area (Å²) in [6.07, 6.45) is 20.4. The molecule has 0 aromatic rings. The van der Waals surface area contributed by atoms with Gasteiger partial charge in [-0.05, 0) is 70.3 Å². The van der Waals surface area contributed by atoms with E-state index in [4.69, 9.17) is 4.74 Å². The first-order valence-corrected chi connectivity index (χ1v) is 19.2. The zero-order chi connectivity index (χ0) is 36.5. The van der Waals surface area contributed by atoms with Gasteiger partial charge in [-0.25, -0.2) is 4.79 Å². The van der Waals surface area contributed by atoms with E-state index in [1.54, 1.807) is 24.0 Å². The fourth-order valence-corrected chi connectivity index (χ4v) is 7.49. The molecule has 10 heteroatoms. The third-order valence-electron chi connectivity index (χ3n) is 11.1. The fraction of sp³-hybridized carbons (Fsp3) is 0.750. The number of aldehydes is 2. The first-order chi connectivity index (χ1) is 23.9. The van der Waals surface area contributed by atoms with E-state index in [0.717, 1.165) is 50.6 Å². The van der Waals surface area contributed by atoms with Crippen LogP contribution < -0.4 is 5.32 Å². The van der Waals surface area contributed by atoms with Crippen molar-refractivity contribution >= 4 is 24.6 Å². The Hall–Kier alpha value is -2.82. The van der Waals surface area contributed by atoms with Crippen molar-refractivity contribution in [3.8, 4) is 0 Å². The van der Waals surface area contributed by atoms with Crippen molar-refractivity contribution in [2.24, 2.45) is 23.7 Å². The molecule has 2 amide bonds. The minimum Gasteiger partial charge on any atom is -0.439 e. The van der Waals surface area contributed by atoms with Gasteiger partial charge in [-0.3, -0.25) is 9.69 Å². The summed E-state index contributed by atoms with van der Waals surface area (Å²) < 4.78 is 5.97. The molecule has 1 saturated heterocycles. The maximum absolute atomic E-state index is 13.4. The van der Waals surface area contributed by atoms with Gasteiger partial charge in [-0.2, -0.15) is 0 Å². The summed E-state index contributed by atoms with van der Waals surface area (Å²) >= 11 is 0. The molecule has 0 unspecified atom stereocenters. The second kappa shape index (κ2) is 21.5. The summed E-state index contributed by atoms with van der Waals surface area (Å²) in [6, 6.07) is 0.572. The van der Waals surface area contributed by atoms with Crippen molar-refractivity contribution in [2.75, 3.05) is 32.7 Å². The molecule has 3 N–H and O–H groups in total. The van der Waals surface area contributed by atoms with Crippen LogP contribution in [0.25, 0.3) is 0 Å². The molecule has 0 radical (unpaired) electrons. The predicted molar refractivity (Wildman–Crippen MR) is 196 cm³/mol. The van der Waals surface area contributed by atoms with E-state index in [0.29, 0.717) is 32.0 Å². The van der Waals surface area contributed by atoms with Gasteiger partial charge in [0.25, 0.3) is 0 Å². The quantitative estimate of drug-likeness (QED) is 0.0711. The molecule has 0 aromatic heterocycles. The van der Waals surface area contributed by atoms with Gasteiger partial charge < -0.3 is 34.8 Å². The minimum absolute atomic E-state index is 0.0341. The maximum Gasteiger partial charge on any atom is 0.410 e. The Labute approximate surface area is 300 Å². The van der Waals surface area contributed by atoms with Crippen LogP contribution in [0, 0.1) is 23.7 Å². The molecular formula is C40H65N3O7. The molecule has 6 atom stereocenters. The molecule has 1 aliphatic heterocycles. The third kappa shape index (κ3) is 13.7. The highest BCUT2D eigenvalue weighted by Crippen LogP contribution is 2.28. The highest BCUT2D eigenvalue weighted by Gasteiger charge is 2.36. The first-order valence-electron chi connectivity index (χ1n) is 19.2. The summed E-state index contributed by atoms with van der Waals surface area (Å²) in [7, 11) is 0. The zero-order valence-electron chi connectivity index (χ0n) is 31.1. The van der Waals surface area contributed by atoms with Crippen molar-refractivity contribution in [3.63, 3.8) is 0 Å². The van der Waals surface area contributed by atoms with Crippen LogP contribution in [0.3, 0.4) is 0 Å². The van der Waals surface area contributed by atoms with Gasteiger partial charge >= 0.3 is 6.09 Å². The number of hydrogen-bond acceptors (Lipinski definition) is 8. The van der Waals surface area contributed by atoms with Gasteiger partial charge in [0.1, 0.15) is 18.2 Å². The second-order valence-electron chi connectivity index (χ2n) is 15.3. The van der Waals surface area contributed by atoms with E-state index >= 15 is 0 Å². The molecule has 10 nitrogen and oxygen atoms in total. The lowest BCUT2D eigenvalue weighted by Gasteiger charge is -2.40. The molecule has 3 aliphatic rings. The molecule has 2 saturated carbocycles. The number of hydrogen-bond donors (Lipinski definition) is 3. The number of piperazine rings is 1. The summed E-state index contributed by atoms with van der Waals surface area (Å²) in [5, 5.41) is 24.8. The van der Waals surface area contributed by atoms with Crippen LogP contribution in [-0.4, -0.2) is 101 Å². The molecule has 3 rings (SSSR count). The largest absolute Gasteiger partial charge is 0.439 e. The van der Waals surface area contributed by atoms with Gasteiger partial charge in [-0.1, -0.05) is 82.2 Å². The standard InChI is InChI=1S/C40H65N3O7/c1-30(28-41-38(47)33-14-9-10-15-33)12-11-13-31(2)36(29-45)32(3)18-19-37(40(4,49)22-20-35(46)21-27-44)50-39(48)43-25-23-42(24-26-43)34-16-7-5-6-8-17-34/h11-13,18-19,27,29-30,32-37,46,49H,5-10,14-17,20-26,28H2,1-4H3,(H,41,47)/b12-11+,19-18+,31-13+/t30-,32+,35+,36-,37+,40+/m1/s1. The summed E-state index contributed by atoms with van der Waals surface area (Å²) in [4.78, 5) is 53.2. The molecule has 2 aliphatic carbocycles.